The number of nitrogens with zero attached hydrogens (tertiary/aromatic N) is 1. The Balaban J connectivity index is 1.15. The van der Waals surface area contributed by atoms with Crippen LogP contribution in [0.1, 0.15) is 65.7 Å². The summed E-state index contributed by atoms with van der Waals surface area (Å²) in [6.07, 6.45) is 7.07. The van der Waals surface area contributed by atoms with Gasteiger partial charge in [0, 0.05) is 28.1 Å². The van der Waals surface area contributed by atoms with E-state index in [-0.39, 0.29) is 28.7 Å². The number of rotatable bonds is 7. The summed E-state index contributed by atoms with van der Waals surface area (Å²) in [5, 5.41) is 3.99. The molecule has 4 rings (SSSR count). The minimum absolute atomic E-state index is 0.0283. The van der Waals surface area contributed by atoms with E-state index < -0.39 is 5.82 Å². The van der Waals surface area contributed by atoms with Gasteiger partial charge in [0.2, 0.25) is 0 Å². The Bertz CT molecular complexity index is 998. The molecule has 1 N–H and O–H groups in total. The maximum Gasteiger partial charge on any atom is 0.251 e. The van der Waals surface area contributed by atoms with Gasteiger partial charge in [-0.15, -0.1) is 0 Å². The molecule has 2 aliphatic rings. The number of hydrogen-bond acceptors (Lipinski definition) is 3. The lowest BCUT2D eigenvalue weighted by Crippen LogP contribution is -2.39. The van der Waals surface area contributed by atoms with Crippen LogP contribution in [0.3, 0.4) is 0 Å². The standard InChI is InChI=1S/C27H31Cl2FN2O2/c28-21-5-3-20(4-6-21)27(34)31-23-8-1-18(2-9-23)11-14-32-15-12-19(13-16-32)26(33)24-10-7-22(30)17-25(24)29/h3-7,10,17-19,23H,1-2,8-9,11-16H2,(H,31,34). The molecule has 2 fully saturated rings. The van der Waals surface area contributed by atoms with Crippen molar-refractivity contribution in [1.82, 2.24) is 10.2 Å². The van der Waals surface area contributed by atoms with Crippen molar-refractivity contribution < 1.29 is 14.0 Å². The largest absolute Gasteiger partial charge is 0.349 e. The van der Waals surface area contributed by atoms with Crippen molar-refractivity contribution >= 4 is 34.9 Å². The molecule has 34 heavy (non-hydrogen) atoms. The number of piperidine rings is 1. The first kappa shape index (κ1) is 25.2. The van der Waals surface area contributed by atoms with Crippen LogP contribution < -0.4 is 5.32 Å². The third kappa shape index (κ3) is 6.59. The average molecular weight is 505 g/mol. The van der Waals surface area contributed by atoms with E-state index in [9.17, 15) is 14.0 Å². The predicted molar refractivity (Wildman–Crippen MR) is 134 cm³/mol. The minimum Gasteiger partial charge on any atom is -0.349 e. The second kappa shape index (κ2) is 11.7. The number of carbonyl (C=O) groups excluding carboxylic acids is 2. The number of hydrogen-bond donors (Lipinski definition) is 1. The Morgan fingerprint density at radius 3 is 2.26 bits per heavy atom. The number of nitrogens with one attached hydrogen (secondary N) is 1. The molecule has 7 heteroatoms. The van der Waals surface area contributed by atoms with Crippen molar-refractivity contribution in [2.24, 2.45) is 11.8 Å². The zero-order chi connectivity index (χ0) is 24.1. The lowest BCUT2D eigenvalue weighted by atomic mass is 9.83. The lowest BCUT2D eigenvalue weighted by molar-refractivity contribution is 0.0832. The van der Waals surface area contributed by atoms with Crippen molar-refractivity contribution in [3.05, 3.63) is 69.5 Å². The maximum atomic E-state index is 13.3. The summed E-state index contributed by atoms with van der Waals surface area (Å²) in [6.45, 7) is 2.86. The van der Waals surface area contributed by atoms with Crippen LogP contribution in [0.4, 0.5) is 4.39 Å². The first-order chi connectivity index (χ1) is 16.4. The smallest absolute Gasteiger partial charge is 0.251 e. The fraction of sp³-hybridized carbons (Fsp3) is 0.481. The highest BCUT2D eigenvalue weighted by Gasteiger charge is 2.28. The zero-order valence-electron chi connectivity index (χ0n) is 19.2. The Morgan fingerprint density at radius 1 is 0.941 bits per heavy atom. The van der Waals surface area contributed by atoms with Gasteiger partial charge in [-0.3, -0.25) is 9.59 Å². The molecule has 4 nitrogen and oxygen atoms in total. The molecule has 0 aromatic heterocycles. The fourth-order valence-corrected chi connectivity index (χ4v) is 5.54. The molecule has 0 spiro atoms. The molecule has 1 saturated carbocycles. The van der Waals surface area contributed by atoms with Crippen LogP contribution in [0, 0.1) is 17.7 Å². The van der Waals surface area contributed by atoms with Crippen LogP contribution in [0.5, 0.6) is 0 Å². The second-order valence-corrected chi connectivity index (χ2v) is 10.4. The van der Waals surface area contributed by atoms with Gasteiger partial charge in [-0.2, -0.15) is 0 Å². The number of amides is 1. The molecular weight excluding hydrogens is 474 g/mol. The van der Waals surface area contributed by atoms with E-state index in [2.05, 4.69) is 10.2 Å². The van der Waals surface area contributed by atoms with Crippen molar-refractivity contribution in [2.45, 2.75) is 51.0 Å². The van der Waals surface area contributed by atoms with Gasteiger partial charge in [-0.1, -0.05) is 23.2 Å². The van der Waals surface area contributed by atoms with Crippen molar-refractivity contribution in [1.29, 1.82) is 0 Å². The van der Waals surface area contributed by atoms with Gasteiger partial charge in [0.25, 0.3) is 5.91 Å². The van der Waals surface area contributed by atoms with E-state index >= 15 is 0 Å². The van der Waals surface area contributed by atoms with Crippen molar-refractivity contribution in [2.75, 3.05) is 19.6 Å². The Labute approximate surface area is 210 Å². The Kier molecular flexibility index (Phi) is 8.62. The number of Topliss-reactive ketones (excluding diaryl/α,β-unsaturated/α-hetero) is 1. The topological polar surface area (TPSA) is 49.4 Å². The molecule has 1 amide bonds. The number of carbonyl (C=O) groups is 2. The van der Waals surface area contributed by atoms with Gasteiger partial charge >= 0.3 is 0 Å². The van der Waals surface area contributed by atoms with Crippen LogP contribution in [-0.2, 0) is 0 Å². The molecule has 1 aliphatic heterocycles. The molecule has 0 atom stereocenters. The van der Waals surface area contributed by atoms with Gasteiger partial charge in [0.05, 0.1) is 5.02 Å². The molecule has 182 valence electrons. The summed E-state index contributed by atoms with van der Waals surface area (Å²) in [6, 6.07) is 11.2. The average Bonchev–Trinajstić information content (AvgIpc) is 2.84. The van der Waals surface area contributed by atoms with Gasteiger partial charge in [0.1, 0.15) is 5.82 Å². The lowest BCUT2D eigenvalue weighted by Gasteiger charge is -2.34. The fourth-order valence-electron chi connectivity index (χ4n) is 5.16. The second-order valence-electron chi connectivity index (χ2n) is 9.59. The maximum absolute atomic E-state index is 13.3. The minimum atomic E-state index is -0.422. The summed E-state index contributed by atoms with van der Waals surface area (Å²) in [5.74, 6) is 0.220. The number of benzene rings is 2. The number of likely N-dealkylation sites (tertiary alicyclic amines) is 1. The molecule has 2 aromatic carbocycles. The van der Waals surface area contributed by atoms with Crippen LogP contribution in [0.25, 0.3) is 0 Å². The number of ketones is 1. The molecule has 0 unspecified atom stereocenters. The van der Waals surface area contributed by atoms with Crippen LogP contribution >= 0.6 is 23.2 Å². The van der Waals surface area contributed by atoms with E-state index in [0.29, 0.717) is 22.1 Å². The SMILES string of the molecule is O=C(NC1CCC(CCN2CCC(C(=O)c3ccc(F)cc3Cl)CC2)CC1)c1ccc(Cl)cc1. The van der Waals surface area contributed by atoms with E-state index in [0.717, 1.165) is 64.6 Å². The van der Waals surface area contributed by atoms with Crippen molar-refractivity contribution in [3.63, 3.8) is 0 Å². The highest BCUT2D eigenvalue weighted by Crippen LogP contribution is 2.29. The monoisotopic (exact) mass is 504 g/mol. The molecule has 1 aliphatic carbocycles. The van der Waals surface area contributed by atoms with Gasteiger partial charge in [-0.05, 0) is 113 Å². The number of halogens is 3. The normalized spacial score (nSPS) is 21.9. The molecular formula is C27H31Cl2FN2O2. The summed E-state index contributed by atoms with van der Waals surface area (Å²) in [7, 11) is 0. The third-order valence-electron chi connectivity index (χ3n) is 7.30. The summed E-state index contributed by atoms with van der Waals surface area (Å²) in [5.41, 5.74) is 1.08. The van der Waals surface area contributed by atoms with E-state index in [1.807, 2.05) is 0 Å². The summed E-state index contributed by atoms with van der Waals surface area (Å²) >= 11 is 12.0. The quantitative estimate of drug-likeness (QED) is 0.443. The Morgan fingerprint density at radius 2 is 1.62 bits per heavy atom. The first-order valence-corrected chi connectivity index (χ1v) is 12.9. The molecule has 1 heterocycles. The molecule has 0 bridgehead atoms. The predicted octanol–water partition coefficient (Wildman–Crippen LogP) is 6.41. The van der Waals surface area contributed by atoms with Crippen molar-refractivity contribution in [3.8, 4) is 0 Å². The zero-order valence-corrected chi connectivity index (χ0v) is 20.8. The highest BCUT2D eigenvalue weighted by atomic mass is 35.5. The van der Waals surface area contributed by atoms with Gasteiger partial charge < -0.3 is 10.2 Å². The van der Waals surface area contributed by atoms with Crippen LogP contribution in [0.2, 0.25) is 10.0 Å². The molecule has 2 aromatic rings. The Hall–Kier alpha value is -1.95. The first-order valence-electron chi connectivity index (χ1n) is 12.2. The van der Waals surface area contributed by atoms with Crippen LogP contribution in [0.15, 0.2) is 42.5 Å². The van der Waals surface area contributed by atoms with Crippen LogP contribution in [-0.4, -0.2) is 42.3 Å². The summed E-state index contributed by atoms with van der Waals surface area (Å²) < 4.78 is 13.3. The third-order valence-corrected chi connectivity index (χ3v) is 7.86. The van der Waals surface area contributed by atoms with E-state index in [1.165, 1.54) is 18.2 Å². The molecule has 0 radical (unpaired) electrons. The van der Waals surface area contributed by atoms with Gasteiger partial charge in [0.15, 0.2) is 5.78 Å². The van der Waals surface area contributed by atoms with Gasteiger partial charge in [-0.25, -0.2) is 4.39 Å². The van der Waals surface area contributed by atoms with E-state index in [4.69, 9.17) is 23.2 Å². The molecule has 1 saturated heterocycles. The highest BCUT2D eigenvalue weighted by molar-refractivity contribution is 6.34. The summed E-state index contributed by atoms with van der Waals surface area (Å²) in [4.78, 5) is 27.7. The van der Waals surface area contributed by atoms with E-state index in [1.54, 1.807) is 24.3 Å².